The van der Waals surface area contributed by atoms with Crippen molar-refractivity contribution in [3.8, 4) is 5.75 Å². The molecule has 0 radical (unpaired) electrons. The van der Waals surface area contributed by atoms with Gasteiger partial charge in [-0.2, -0.15) is 0 Å². The van der Waals surface area contributed by atoms with E-state index < -0.39 is 12.0 Å². The number of ether oxygens (including phenoxy) is 1. The standard InChI is InChI=1S/C15H17N3O4/c1-9-15(21)18(11-4-2-3-5-12(11)22-9)8-13(19)16-17-14(20)10-6-7-10/h2-5,9-10H,6-8H2,1H3,(H,16,19)(H,17,20)/t9-/m1/s1. The molecule has 2 aliphatic rings. The fourth-order valence-corrected chi connectivity index (χ4v) is 2.28. The minimum Gasteiger partial charge on any atom is -0.479 e. The fraction of sp³-hybridized carbons (Fsp3) is 0.400. The molecule has 7 heteroatoms. The van der Waals surface area contributed by atoms with E-state index in [1.165, 1.54) is 4.90 Å². The van der Waals surface area contributed by atoms with E-state index in [2.05, 4.69) is 10.9 Å². The molecule has 1 heterocycles. The SMILES string of the molecule is C[C@H]1Oc2ccccc2N(CC(=O)NNC(=O)C2CC2)C1=O. The van der Waals surface area contributed by atoms with Gasteiger partial charge in [-0.25, -0.2) is 0 Å². The zero-order valence-corrected chi connectivity index (χ0v) is 12.2. The molecule has 116 valence electrons. The van der Waals surface area contributed by atoms with E-state index in [1.807, 2.05) is 0 Å². The van der Waals surface area contributed by atoms with Crippen molar-refractivity contribution < 1.29 is 19.1 Å². The Kier molecular flexibility index (Phi) is 3.70. The highest BCUT2D eigenvalue weighted by Gasteiger charge is 2.33. The highest BCUT2D eigenvalue weighted by atomic mass is 16.5. The second-order valence-corrected chi connectivity index (χ2v) is 5.46. The molecule has 2 N–H and O–H groups in total. The molecule has 22 heavy (non-hydrogen) atoms. The van der Waals surface area contributed by atoms with Crippen molar-refractivity contribution >= 4 is 23.4 Å². The first kappa shape index (κ1) is 14.4. The van der Waals surface area contributed by atoms with E-state index in [4.69, 9.17) is 4.74 Å². The molecular weight excluding hydrogens is 286 g/mol. The van der Waals surface area contributed by atoms with Crippen LogP contribution in [0.2, 0.25) is 0 Å². The number of fused-ring (bicyclic) bond motifs is 1. The highest BCUT2D eigenvalue weighted by molar-refractivity contribution is 6.03. The van der Waals surface area contributed by atoms with Crippen LogP contribution >= 0.6 is 0 Å². The molecule has 7 nitrogen and oxygen atoms in total. The lowest BCUT2D eigenvalue weighted by molar-refractivity contribution is -0.130. The molecule has 0 saturated heterocycles. The predicted octanol–water partition coefficient (Wildman–Crippen LogP) is 0.358. The van der Waals surface area contributed by atoms with E-state index in [-0.39, 0.29) is 24.3 Å². The minimum atomic E-state index is -0.649. The molecule has 3 amide bonds. The third-order valence-corrected chi connectivity index (χ3v) is 3.65. The van der Waals surface area contributed by atoms with Crippen molar-refractivity contribution in [3.63, 3.8) is 0 Å². The third-order valence-electron chi connectivity index (χ3n) is 3.65. The molecule has 1 aromatic rings. The van der Waals surface area contributed by atoms with Gasteiger partial charge in [0, 0.05) is 5.92 Å². The number of amides is 3. The molecule has 1 aliphatic heterocycles. The van der Waals surface area contributed by atoms with Crippen LogP contribution in [-0.2, 0) is 14.4 Å². The number of hydrazine groups is 1. The lowest BCUT2D eigenvalue weighted by Gasteiger charge is -2.32. The first-order chi connectivity index (χ1) is 10.6. The number of hydrogen-bond donors (Lipinski definition) is 2. The summed E-state index contributed by atoms with van der Waals surface area (Å²) in [7, 11) is 0. The van der Waals surface area contributed by atoms with Gasteiger partial charge in [-0.3, -0.25) is 30.1 Å². The maximum atomic E-state index is 12.2. The van der Waals surface area contributed by atoms with Gasteiger partial charge in [0.15, 0.2) is 6.10 Å². The molecule has 0 unspecified atom stereocenters. The molecular formula is C15H17N3O4. The number of carbonyl (C=O) groups excluding carboxylic acids is 3. The van der Waals surface area contributed by atoms with Gasteiger partial charge in [0.25, 0.3) is 11.8 Å². The van der Waals surface area contributed by atoms with Crippen molar-refractivity contribution in [2.45, 2.75) is 25.9 Å². The van der Waals surface area contributed by atoms with Crippen molar-refractivity contribution in [2.75, 3.05) is 11.4 Å². The maximum absolute atomic E-state index is 12.2. The van der Waals surface area contributed by atoms with Crippen LogP contribution in [0.15, 0.2) is 24.3 Å². The van der Waals surface area contributed by atoms with Gasteiger partial charge in [0.2, 0.25) is 5.91 Å². The van der Waals surface area contributed by atoms with Crippen LogP contribution in [0.5, 0.6) is 5.75 Å². The summed E-state index contributed by atoms with van der Waals surface area (Å²) in [6.07, 6.45) is 1.06. The van der Waals surface area contributed by atoms with Crippen molar-refractivity contribution in [1.82, 2.24) is 10.9 Å². The monoisotopic (exact) mass is 303 g/mol. The maximum Gasteiger partial charge on any atom is 0.268 e. The molecule has 1 atom stereocenters. The van der Waals surface area contributed by atoms with Crippen LogP contribution in [0.3, 0.4) is 0 Å². The third kappa shape index (κ3) is 2.88. The molecule has 1 fully saturated rings. The van der Waals surface area contributed by atoms with E-state index in [1.54, 1.807) is 31.2 Å². The Balaban J connectivity index is 1.66. The van der Waals surface area contributed by atoms with Crippen LogP contribution in [0.4, 0.5) is 5.69 Å². The van der Waals surface area contributed by atoms with E-state index in [0.29, 0.717) is 11.4 Å². The van der Waals surface area contributed by atoms with Gasteiger partial charge in [-0.15, -0.1) is 0 Å². The molecule has 0 bridgehead atoms. The minimum absolute atomic E-state index is 0.00562. The Morgan fingerprint density at radius 2 is 2.00 bits per heavy atom. The summed E-state index contributed by atoms with van der Waals surface area (Å²) < 4.78 is 5.50. The van der Waals surface area contributed by atoms with Gasteiger partial charge >= 0.3 is 0 Å². The number of nitrogens with one attached hydrogen (secondary N) is 2. The summed E-state index contributed by atoms with van der Waals surface area (Å²) in [5, 5.41) is 0. The lowest BCUT2D eigenvalue weighted by atomic mass is 10.2. The number of hydrogen-bond acceptors (Lipinski definition) is 4. The Hall–Kier alpha value is -2.57. The molecule has 1 aliphatic carbocycles. The smallest absolute Gasteiger partial charge is 0.268 e. The normalized spacial score (nSPS) is 20.0. The summed E-state index contributed by atoms with van der Waals surface area (Å²) in [5.41, 5.74) is 5.27. The van der Waals surface area contributed by atoms with Gasteiger partial charge in [0.05, 0.1) is 5.69 Å². The zero-order valence-electron chi connectivity index (χ0n) is 12.2. The summed E-state index contributed by atoms with van der Waals surface area (Å²) in [6.45, 7) is 1.46. The first-order valence-corrected chi connectivity index (χ1v) is 7.22. The summed E-state index contributed by atoms with van der Waals surface area (Å²) in [4.78, 5) is 37.0. The topological polar surface area (TPSA) is 87.7 Å². The van der Waals surface area contributed by atoms with Crippen molar-refractivity contribution in [2.24, 2.45) is 5.92 Å². The average Bonchev–Trinajstić information content (AvgIpc) is 3.34. The predicted molar refractivity (Wildman–Crippen MR) is 77.9 cm³/mol. The van der Waals surface area contributed by atoms with Crippen molar-refractivity contribution in [1.29, 1.82) is 0 Å². The summed E-state index contributed by atoms with van der Waals surface area (Å²) >= 11 is 0. The second-order valence-electron chi connectivity index (χ2n) is 5.46. The first-order valence-electron chi connectivity index (χ1n) is 7.22. The van der Waals surface area contributed by atoms with Gasteiger partial charge in [-0.05, 0) is 31.9 Å². The second kappa shape index (κ2) is 5.67. The van der Waals surface area contributed by atoms with Gasteiger partial charge in [-0.1, -0.05) is 12.1 Å². The number of anilines is 1. The number of para-hydroxylation sites is 2. The number of rotatable bonds is 3. The zero-order chi connectivity index (χ0) is 15.7. The number of benzene rings is 1. The highest BCUT2D eigenvalue weighted by Crippen LogP contribution is 2.33. The Morgan fingerprint density at radius 3 is 2.73 bits per heavy atom. The molecule has 1 saturated carbocycles. The lowest BCUT2D eigenvalue weighted by Crippen LogP contribution is -2.52. The van der Waals surface area contributed by atoms with E-state index in [9.17, 15) is 14.4 Å². The van der Waals surface area contributed by atoms with E-state index >= 15 is 0 Å². The quantitative estimate of drug-likeness (QED) is 0.789. The molecule has 0 spiro atoms. The Bertz CT molecular complexity index is 627. The largest absolute Gasteiger partial charge is 0.479 e. The Labute approximate surface area is 127 Å². The number of carbonyl (C=O) groups is 3. The summed E-state index contributed by atoms with van der Waals surface area (Å²) in [6, 6.07) is 7.04. The van der Waals surface area contributed by atoms with Crippen LogP contribution in [0.25, 0.3) is 0 Å². The summed E-state index contributed by atoms with van der Waals surface area (Å²) in [5.74, 6) is -0.362. The van der Waals surface area contributed by atoms with Crippen LogP contribution in [0.1, 0.15) is 19.8 Å². The van der Waals surface area contributed by atoms with Gasteiger partial charge < -0.3 is 4.74 Å². The van der Waals surface area contributed by atoms with E-state index in [0.717, 1.165) is 12.8 Å². The Morgan fingerprint density at radius 1 is 1.27 bits per heavy atom. The molecule has 0 aromatic heterocycles. The molecule has 1 aromatic carbocycles. The van der Waals surface area contributed by atoms with Crippen LogP contribution in [0, 0.1) is 5.92 Å². The van der Waals surface area contributed by atoms with Crippen LogP contribution < -0.4 is 20.5 Å². The van der Waals surface area contributed by atoms with Crippen molar-refractivity contribution in [3.05, 3.63) is 24.3 Å². The average molecular weight is 303 g/mol. The molecule has 3 rings (SSSR count). The number of nitrogens with zero attached hydrogens (tertiary/aromatic N) is 1. The van der Waals surface area contributed by atoms with Crippen LogP contribution in [-0.4, -0.2) is 30.4 Å². The fourth-order valence-electron chi connectivity index (χ4n) is 2.28. The van der Waals surface area contributed by atoms with Gasteiger partial charge in [0.1, 0.15) is 12.3 Å².